The van der Waals surface area contributed by atoms with Gasteiger partial charge in [0.2, 0.25) is 0 Å². The lowest BCUT2D eigenvalue weighted by molar-refractivity contribution is 0.270. The van der Waals surface area contributed by atoms with Crippen molar-refractivity contribution < 1.29 is 5.11 Å². The lowest BCUT2D eigenvalue weighted by Crippen LogP contribution is -2.10. The van der Waals surface area contributed by atoms with Crippen molar-refractivity contribution in [1.82, 2.24) is 9.78 Å². The van der Waals surface area contributed by atoms with Crippen LogP contribution in [0.3, 0.4) is 0 Å². The van der Waals surface area contributed by atoms with Crippen LogP contribution in [-0.4, -0.2) is 21.5 Å². The minimum absolute atomic E-state index is 0.0576. The van der Waals surface area contributed by atoms with E-state index in [4.69, 9.17) is 28.3 Å². The van der Waals surface area contributed by atoms with Crippen LogP contribution >= 0.6 is 23.2 Å². The Balaban J connectivity index is 2.15. The Labute approximate surface area is 128 Å². The predicted octanol–water partition coefficient (Wildman–Crippen LogP) is 3.41. The smallest absolute Gasteiger partial charge is 0.127 e. The van der Waals surface area contributed by atoms with Crippen molar-refractivity contribution in [2.24, 2.45) is 0 Å². The first-order valence-corrected chi connectivity index (χ1v) is 7.11. The van der Waals surface area contributed by atoms with E-state index in [9.17, 15) is 0 Å². The van der Waals surface area contributed by atoms with Crippen molar-refractivity contribution in [3.05, 3.63) is 45.1 Å². The van der Waals surface area contributed by atoms with Gasteiger partial charge in [-0.2, -0.15) is 5.10 Å². The van der Waals surface area contributed by atoms with Crippen molar-refractivity contribution in [3.8, 4) is 0 Å². The van der Waals surface area contributed by atoms with E-state index >= 15 is 0 Å². The van der Waals surface area contributed by atoms with E-state index < -0.39 is 0 Å². The van der Waals surface area contributed by atoms with E-state index in [1.165, 1.54) is 0 Å². The summed E-state index contributed by atoms with van der Waals surface area (Å²) in [5, 5.41) is 17.9. The summed E-state index contributed by atoms with van der Waals surface area (Å²) in [6.45, 7) is 5.11. The van der Waals surface area contributed by atoms with Gasteiger partial charge < -0.3 is 10.4 Å². The lowest BCUT2D eigenvalue weighted by Gasteiger charge is -2.11. The maximum atomic E-state index is 9.08. The first-order chi connectivity index (χ1) is 9.52. The summed E-state index contributed by atoms with van der Waals surface area (Å²) in [4.78, 5) is 0. The van der Waals surface area contributed by atoms with Gasteiger partial charge in [0, 0.05) is 12.1 Å². The van der Waals surface area contributed by atoms with Crippen LogP contribution in [0.4, 0.5) is 5.82 Å². The number of aliphatic hydroxyl groups excluding tert-OH is 1. The molecule has 2 rings (SSSR count). The SMILES string of the molecule is Cc1nn(CCO)c(NCc2ccc(Cl)c(Cl)c2)c1C. The molecule has 0 saturated heterocycles. The van der Waals surface area contributed by atoms with Gasteiger partial charge in [0.25, 0.3) is 0 Å². The van der Waals surface area contributed by atoms with Gasteiger partial charge in [-0.25, -0.2) is 4.68 Å². The molecule has 0 aliphatic heterocycles. The maximum absolute atomic E-state index is 9.08. The van der Waals surface area contributed by atoms with Crippen LogP contribution < -0.4 is 5.32 Å². The molecule has 4 nitrogen and oxygen atoms in total. The number of anilines is 1. The number of hydrogen-bond donors (Lipinski definition) is 2. The molecular formula is C14H17Cl2N3O. The van der Waals surface area contributed by atoms with Crippen molar-refractivity contribution in [1.29, 1.82) is 0 Å². The number of aliphatic hydroxyl groups is 1. The highest BCUT2D eigenvalue weighted by atomic mass is 35.5. The fourth-order valence-electron chi connectivity index (χ4n) is 1.99. The third-order valence-corrected chi connectivity index (χ3v) is 3.92. The van der Waals surface area contributed by atoms with Gasteiger partial charge in [0.15, 0.2) is 0 Å². The molecule has 1 aromatic carbocycles. The first-order valence-electron chi connectivity index (χ1n) is 6.35. The quantitative estimate of drug-likeness (QED) is 0.889. The molecule has 1 aromatic heterocycles. The Kier molecular flexibility index (Phi) is 4.91. The molecule has 108 valence electrons. The molecule has 2 N–H and O–H groups in total. The average Bonchev–Trinajstić information content (AvgIpc) is 2.67. The molecule has 0 aliphatic carbocycles. The summed E-state index contributed by atoms with van der Waals surface area (Å²) in [6, 6.07) is 5.55. The Morgan fingerprint density at radius 3 is 2.65 bits per heavy atom. The monoisotopic (exact) mass is 313 g/mol. The molecule has 0 amide bonds. The maximum Gasteiger partial charge on any atom is 0.127 e. The van der Waals surface area contributed by atoms with Crippen LogP contribution in [0.5, 0.6) is 0 Å². The fourth-order valence-corrected chi connectivity index (χ4v) is 2.31. The lowest BCUT2D eigenvalue weighted by atomic mass is 10.2. The molecule has 0 saturated carbocycles. The highest BCUT2D eigenvalue weighted by molar-refractivity contribution is 6.42. The zero-order valence-electron chi connectivity index (χ0n) is 11.5. The average molecular weight is 314 g/mol. The number of rotatable bonds is 5. The minimum Gasteiger partial charge on any atom is -0.394 e. The molecule has 0 radical (unpaired) electrons. The summed E-state index contributed by atoms with van der Waals surface area (Å²) < 4.78 is 1.78. The molecule has 0 aliphatic rings. The van der Waals surface area contributed by atoms with Crippen LogP contribution in [0.15, 0.2) is 18.2 Å². The van der Waals surface area contributed by atoms with E-state index in [-0.39, 0.29) is 6.61 Å². The number of nitrogens with zero attached hydrogens (tertiary/aromatic N) is 2. The highest BCUT2D eigenvalue weighted by Crippen LogP contribution is 2.24. The van der Waals surface area contributed by atoms with Crippen LogP contribution in [0.1, 0.15) is 16.8 Å². The van der Waals surface area contributed by atoms with E-state index in [0.717, 1.165) is 22.6 Å². The Morgan fingerprint density at radius 1 is 1.25 bits per heavy atom. The van der Waals surface area contributed by atoms with Crippen LogP contribution in [0, 0.1) is 13.8 Å². The van der Waals surface area contributed by atoms with Crippen molar-refractivity contribution in [2.75, 3.05) is 11.9 Å². The van der Waals surface area contributed by atoms with Gasteiger partial charge in [0.1, 0.15) is 5.82 Å². The summed E-state index contributed by atoms with van der Waals surface area (Å²) in [5.74, 6) is 0.919. The largest absolute Gasteiger partial charge is 0.394 e. The van der Waals surface area contributed by atoms with Gasteiger partial charge in [-0.3, -0.25) is 0 Å². The van der Waals surface area contributed by atoms with Crippen molar-refractivity contribution in [2.45, 2.75) is 26.9 Å². The highest BCUT2D eigenvalue weighted by Gasteiger charge is 2.11. The topological polar surface area (TPSA) is 50.1 Å². The third-order valence-electron chi connectivity index (χ3n) is 3.18. The second-order valence-electron chi connectivity index (χ2n) is 4.61. The molecule has 0 fully saturated rings. The first kappa shape index (κ1) is 15.2. The molecular weight excluding hydrogens is 297 g/mol. The van der Waals surface area contributed by atoms with Gasteiger partial charge >= 0.3 is 0 Å². The molecule has 0 spiro atoms. The number of aryl methyl sites for hydroxylation is 1. The second-order valence-corrected chi connectivity index (χ2v) is 5.42. The summed E-state index contributed by atoms with van der Waals surface area (Å²) in [5.41, 5.74) is 3.07. The molecule has 2 aromatic rings. The van der Waals surface area contributed by atoms with Crippen LogP contribution in [0.25, 0.3) is 0 Å². The van der Waals surface area contributed by atoms with Crippen molar-refractivity contribution >= 4 is 29.0 Å². The van der Waals surface area contributed by atoms with Gasteiger partial charge in [-0.05, 0) is 31.5 Å². The molecule has 0 atom stereocenters. The minimum atomic E-state index is 0.0576. The zero-order valence-corrected chi connectivity index (χ0v) is 13.0. The number of aromatic nitrogens is 2. The molecule has 20 heavy (non-hydrogen) atoms. The van der Waals surface area contributed by atoms with Gasteiger partial charge in [-0.15, -0.1) is 0 Å². The molecule has 6 heteroatoms. The Morgan fingerprint density at radius 2 is 2.00 bits per heavy atom. The molecule has 0 unspecified atom stereocenters. The Bertz CT molecular complexity index is 611. The second kappa shape index (κ2) is 6.48. The normalized spacial score (nSPS) is 10.8. The van der Waals surface area contributed by atoms with E-state index in [1.54, 1.807) is 10.7 Å². The Hall–Kier alpha value is -1.23. The summed E-state index contributed by atoms with van der Waals surface area (Å²) >= 11 is 11.9. The third kappa shape index (κ3) is 3.26. The van der Waals surface area contributed by atoms with E-state index in [2.05, 4.69) is 10.4 Å². The molecule has 1 heterocycles. The van der Waals surface area contributed by atoms with E-state index in [0.29, 0.717) is 23.1 Å². The number of nitrogens with one attached hydrogen (secondary N) is 1. The number of hydrogen-bond acceptors (Lipinski definition) is 3. The number of halogens is 2. The van der Waals surface area contributed by atoms with Gasteiger partial charge in [0.05, 0.1) is 28.9 Å². The van der Waals surface area contributed by atoms with Crippen LogP contribution in [0.2, 0.25) is 10.0 Å². The standard InChI is InChI=1S/C14H17Cl2N3O/c1-9-10(2)18-19(5-6-20)14(9)17-8-11-3-4-12(15)13(16)7-11/h3-4,7,17,20H,5-6,8H2,1-2H3. The summed E-state index contributed by atoms with van der Waals surface area (Å²) in [7, 11) is 0. The van der Waals surface area contributed by atoms with Crippen molar-refractivity contribution in [3.63, 3.8) is 0 Å². The van der Waals surface area contributed by atoms with E-state index in [1.807, 2.05) is 26.0 Å². The van der Waals surface area contributed by atoms with Gasteiger partial charge in [-0.1, -0.05) is 29.3 Å². The fraction of sp³-hybridized carbons (Fsp3) is 0.357. The van der Waals surface area contributed by atoms with Crippen LogP contribution in [-0.2, 0) is 13.1 Å². The molecule has 0 bridgehead atoms. The number of benzene rings is 1. The predicted molar refractivity (Wildman–Crippen MR) is 82.6 cm³/mol. The zero-order chi connectivity index (χ0) is 14.7. The summed E-state index contributed by atoms with van der Waals surface area (Å²) in [6.07, 6.45) is 0.